The maximum Gasteiger partial charge on any atom is 0.311 e. The summed E-state index contributed by atoms with van der Waals surface area (Å²) in [6, 6.07) is 17.4. The molecule has 2 aromatic carbocycles. The Morgan fingerprint density at radius 2 is 1.91 bits per heavy atom. The second-order valence-electron chi connectivity index (χ2n) is 7.03. The second kappa shape index (κ2) is 10.0. The summed E-state index contributed by atoms with van der Waals surface area (Å²) in [6.45, 7) is 2.77. The van der Waals surface area contributed by atoms with Gasteiger partial charge in [0.2, 0.25) is 0 Å². The Kier molecular flexibility index (Phi) is 6.72. The van der Waals surface area contributed by atoms with Crippen molar-refractivity contribution in [1.29, 1.82) is 0 Å². The number of hydrogen-bond acceptors (Lipinski definition) is 6. The molecular formula is C24H22N4O3S. The molecule has 0 atom stereocenters. The van der Waals surface area contributed by atoms with Crippen LogP contribution in [0.15, 0.2) is 72.4 Å². The lowest BCUT2D eigenvalue weighted by Gasteiger charge is -2.10. The summed E-state index contributed by atoms with van der Waals surface area (Å²) in [5.41, 5.74) is 4.02. The quantitative estimate of drug-likeness (QED) is 0.405. The molecule has 0 radical (unpaired) electrons. The van der Waals surface area contributed by atoms with Crippen LogP contribution in [0.1, 0.15) is 28.5 Å². The zero-order chi connectivity index (χ0) is 22.3. The second-order valence-corrected chi connectivity index (χ2v) is 7.88. The highest BCUT2D eigenvalue weighted by atomic mass is 32.1. The minimum Gasteiger partial charge on any atom is -0.466 e. The number of benzene rings is 2. The molecule has 0 unspecified atom stereocenters. The van der Waals surface area contributed by atoms with Crippen molar-refractivity contribution in [3.05, 3.63) is 89.2 Å². The topological polar surface area (TPSA) is 86.1 Å². The van der Waals surface area contributed by atoms with Crippen LogP contribution in [0, 0.1) is 0 Å². The molecule has 0 spiro atoms. The van der Waals surface area contributed by atoms with Crippen LogP contribution >= 0.6 is 11.3 Å². The van der Waals surface area contributed by atoms with Crippen molar-refractivity contribution >= 4 is 28.3 Å². The van der Waals surface area contributed by atoms with Crippen LogP contribution in [0.5, 0.6) is 0 Å². The number of rotatable bonds is 8. The van der Waals surface area contributed by atoms with Crippen molar-refractivity contribution in [3.8, 4) is 11.1 Å². The van der Waals surface area contributed by atoms with E-state index in [0.29, 0.717) is 29.5 Å². The van der Waals surface area contributed by atoms with Gasteiger partial charge >= 0.3 is 5.97 Å². The first kappa shape index (κ1) is 21.5. The average molecular weight is 447 g/mol. The van der Waals surface area contributed by atoms with Crippen LogP contribution in [-0.2, 0) is 22.5 Å². The van der Waals surface area contributed by atoms with Crippen molar-refractivity contribution in [2.45, 2.75) is 19.9 Å². The molecule has 0 aliphatic heterocycles. The van der Waals surface area contributed by atoms with Crippen molar-refractivity contribution < 1.29 is 14.3 Å². The highest BCUT2D eigenvalue weighted by molar-refractivity contribution is 7.14. The van der Waals surface area contributed by atoms with Crippen LogP contribution in [0.25, 0.3) is 11.1 Å². The molecule has 4 aromatic rings. The molecule has 1 N–H and O–H groups in total. The van der Waals surface area contributed by atoms with Crippen molar-refractivity contribution in [2.75, 3.05) is 11.9 Å². The predicted octanol–water partition coefficient (Wildman–Crippen LogP) is 4.41. The Morgan fingerprint density at radius 1 is 1.09 bits per heavy atom. The molecular weight excluding hydrogens is 424 g/mol. The lowest BCUT2D eigenvalue weighted by Crippen LogP contribution is -2.13. The van der Waals surface area contributed by atoms with E-state index in [9.17, 15) is 9.59 Å². The van der Waals surface area contributed by atoms with Gasteiger partial charge < -0.3 is 4.74 Å². The molecule has 32 heavy (non-hydrogen) atoms. The molecule has 4 rings (SSSR count). The number of aromatic nitrogens is 3. The number of carbonyl (C=O) groups is 2. The first-order chi connectivity index (χ1) is 15.6. The predicted molar refractivity (Wildman–Crippen MR) is 124 cm³/mol. The minimum absolute atomic E-state index is 0.0850. The first-order valence-corrected chi connectivity index (χ1v) is 11.1. The summed E-state index contributed by atoms with van der Waals surface area (Å²) in [6.07, 6.45) is 3.76. The molecule has 162 valence electrons. The van der Waals surface area contributed by atoms with E-state index in [1.807, 2.05) is 59.4 Å². The van der Waals surface area contributed by atoms with E-state index >= 15 is 0 Å². The maximum absolute atomic E-state index is 13.0. The third-order valence-electron chi connectivity index (χ3n) is 4.74. The Balaban J connectivity index is 1.48. The van der Waals surface area contributed by atoms with E-state index in [-0.39, 0.29) is 18.3 Å². The molecule has 2 aromatic heterocycles. The van der Waals surface area contributed by atoms with E-state index in [4.69, 9.17) is 4.74 Å². The van der Waals surface area contributed by atoms with E-state index in [0.717, 1.165) is 16.7 Å². The monoisotopic (exact) mass is 446 g/mol. The number of amides is 1. The number of nitrogens with zero attached hydrogens (tertiary/aromatic N) is 3. The highest BCUT2D eigenvalue weighted by Crippen LogP contribution is 2.26. The van der Waals surface area contributed by atoms with E-state index in [1.54, 1.807) is 24.6 Å². The molecule has 0 aliphatic rings. The number of hydrogen-bond donors (Lipinski definition) is 1. The molecule has 1 amide bonds. The fourth-order valence-electron chi connectivity index (χ4n) is 3.27. The Labute approximate surface area is 189 Å². The van der Waals surface area contributed by atoms with Gasteiger partial charge in [0.1, 0.15) is 0 Å². The minimum atomic E-state index is -0.336. The molecule has 0 aliphatic carbocycles. The number of thiazole rings is 1. The van der Waals surface area contributed by atoms with E-state index in [1.165, 1.54) is 11.3 Å². The van der Waals surface area contributed by atoms with Crippen molar-refractivity contribution in [1.82, 2.24) is 14.8 Å². The Morgan fingerprint density at radius 3 is 2.66 bits per heavy atom. The van der Waals surface area contributed by atoms with E-state index in [2.05, 4.69) is 15.4 Å². The largest absolute Gasteiger partial charge is 0.466 e. The zero-order valence-corrected chi connectivity index (χ0v) is 18.3. The Hall–Kier alpha value is -3.78. The lowest BCUT2D eigenvalue weighted by molar-refractivity contribution is -0.142. The van der Waals surface area contributed by atoms with Gasteiger partial charge in [-0.25, -0.2) is 4.98 Å². The third-order valence-corrected chi connectivity index (χ3v) is 5.55. The first-order valence-electron chi connectivity index (χ1n) is 10.2. The standard InChI is InChI=1S/C24H22N4O3S/c1-2-31-22(29)14-19-16-32-24(26-19)27-23(30)21-7-4-3-6-20(21)18-10-8-17(9-11-18)15-28-13-5-12-25-28/h3-13,16H,2,14-15H2,1H3,(H,26,27,30). The van der Waals surface area contributed by atoms with Crippen LogP contribution in [0.2, 0.25) is 0 Å². The lowest BCUT2D eigenvalue weighted by atomic mass is 9.98. The summed E-state index contributed by atoms with van der Waals surface area (Å²) in [4.78, 5) is 28.9. The summed E-state index contributed by atoms with van der Waals surface area (Å²) >= 11 is 1.28. The van der Waals surface area contributed by atoms with Gasteiger partial charge in [-0.15, -0.1) is 11.3 Å². The number of anilines is 1. The molecule has 2 heterocycles. The fraction of sp³-hybridized carbons (Fsp3) is 0.167. The number of esters is 1. The van der Waals surface area contributed by atoms with Crippen LogP contribution < -0.4 is 5.32 Å². The molecule has 0 fully saturated rings. The van der Waals surface area contributed by atoms with Crippen molar-refractivity contribution in [2.24, 2.45) is 0 Å². The van der Waals surface area contributed by atoms with Gasteiger partial charge in [0.25, 0.3) is 5.91 Å². The molecule has 0 saturated heterocycles. The van der Waals surface area contributed by atoms with Crippen molar-refractivity contribution in [3.63, 3.8) is 0 Å². The number of nitrogens with one attached hydrogen (secondary N) is 1. The number of ether oxygens (including phenoxy) is 1. The maximum atomic E-state index is 13.0. The molecule has 0 bridgehead atoms. The van der Waals surface area contributed by atoms with Crippen LogP contribution in [0.4, 0.5) is 5.13 Å². The van der Waals surface area contributed by atoms with E-state index < -0.39 is 0 Å². The van der Waals surface area contributed by atoms with Gasteiger partial charge in [-0.3, -0.25) is 19.6 Å². The molecule has 0 saturated carbocycles. The molecule has 7 nitrogen and oxygen atoms in total. The summed E-state index contributed by atoms with van der Waals surface area (Å²) in [5, 5.41) is 9.26. The van der Waals surface area contributed by atoms with Gasteiger partial charge in [-0.1, -0.05) is 42.5 Å². The van der Waals surface area contributed by atoms with Gasteiger partial charge in [-0.05, 0) is 35.7 Å². The van der Waals surface area contributed by atoms with Gasteiger partial charge in [-0.2, -0.15) is 5.10 Å². The summed E-state index contributed by atoms with van der Waals surface area (Å²) in [7, 11) is 0. The van der Waals surface area contributed by atoms with Gasteiger partial charge in [0.15, 0.2) is 5.13 Å². The fourth-order valence-corrected chi connectivity index (χ4v) is 3.98. The normalized spacial score (nSPS) is 10.7. The van der Waals surface area contributed by atoms with Gasteiger partial charge in [0.05, 0.1) is 25.3 Å². The van der Waals surface area contributed by atoms with Crippen LogP contribution in [-0.4, -0.2) is 33.2 Å². The highest BCUT2D eigenvalue weighted by Gasteiger charge is 2.15. The summed E-state index contributed by atoms with van der Waals surface area (Å²) < 4.78 is 6.80. The van der Waals surface area contributed by atoms with Crippen LogP contribution in [0.3, 0.4) is 0 Å². The van der Waals surface area contributed by atoms with Gasteiger partial charge in [0, 0.05) is 23.3 Å². The smallest absolute Gasteiger partial charge is 0.311 e. The average Bonchev–Trinajstić information content (AvgIpc) is 3.46. The Bertz CT molecular complexity index is 1200. The third kappa shape index (κ3) is 5.28. The number of carbonyl (C=O) groups excluding carboxylic acids is 2. The molecule has 8 heteroatoms. The SMILES string of the molecule is CCOC(=O)Cc1csc(NC(=O)c2ccccc2-c2ccc(Cn3cccn3)cc2)n1. The zero-order valence-electron chi connectivity index (χ0n) is 17.5. The summed E-state index contributed by atoms with van der Waals surface area (Å²) in [5.74, 6) is -0.588.